The van der Waals surface area contributed by atoms with E-state index in [2.05, 4.69) is 24.5 Å². The molecular formula is C47H92N4O7. The minimum absolute atomic E-state index is 0.0515. The van der Waals surface area contributed by atoms with Crippen LogP contribution in [0.25, 0.3) is 0 Å². The molecule has 7 N–H and O–H groups in total. The smallest absolute Gasteiger partial charge is 0.243 e. The van der Waals surface area contributed by atoms with E-state index in [1.807, 2.05) is 13.8 Å². The third kappa shape index (κ3) is 24.5. The Morgan fingerprint density at radius 1 is 0.621 bits per heavy atom. The monoisotopic (exact) mass is 825 g/mol. The van der Waals surface area contributed by atoms with Crippen molar-refractivity contribution >= 4 is 17.7 Å². The van der Waals surface area contributed by atoms with Crippen LogP contribution in [0.4, 0.5) is 0 Å². The van der Waals surface area contributed by atoms with Gasteiger partial charge in [-0.05, 0) is 32.1 Å². The van der Waals surface area contributed by atoms with Crippen molar-refractivity contribution in [2.45, 2.75) is 263 Å². The number of carbonyl (C=O) groups is 3. The average Bonchev–Trinajstić information content (AvgIpc) is 3.19. The lowest BCUT2D eigenvalue weighted by Crippen LogP contribution is -2.70. The Morgan fingerprint density at radius 3 is 1.43 bits per heavy atom. The SMILES string of the molecule is CCCCCCCCCCCCCCCCCC(=O)N(CCCCCCCCCCCCCC)[C@@H]1O[C@H](CO)[C@@H](O)[C@H](O)[C@H]1NC(=O)[C@H](CC(C)C)NC(=O)[C@H](C)N. The first kappa shape index (κ1) is 54.2. The summed E-state index contributed by atoms with van der Waals surface area (Å²) >= 11 is 0. The molecule has 0 aliphatic carbocycles. The third-order valence-electron chi connectivity index (χ3n) is 11.8. The van der Waals surface area contributed by atoms with Crippen LogP contribution in [0.15, 0.2) is 0 Å². The van der Waals surface area contributed by atoms with Crippen molar-refractivity contribution in [1.29, 1.82) is 0 Å². The summed E-state index contributed by atoms with van der Waals surface area (Å²) in [6, 6.07) is -2.95. The van der Waals surface area contributed by atoms with Gasteiger partial charge in [0.1, 0.15) is 30.4 Å². The number of nitrogens with two attached hydrogens (primary N) is 1. The number of ether oxygens (including phenoxy) is 1. The molecule has 1 rings (SSSR count). The van der Waals surface area contributed by atoms with Crippen LogP contribution >= 0.6 is 0 Å². The first-order chi connectivity index (χ1) is 28.0. The maximum Gasteiger partial charge on any atom is 0.243 e. The standard InChI is InChI=1S/C47H92N4O7/c1-6-8-10-12-14-16-18-20-21-22-23-25-27-29-31-33-41(53)51(34-32-30-28-26-24-19-17-15-13-11-9-7-2)47-42(44(55)43(54)40(36-52)58-47)50-46(57)39(35-37(3)4)49-45(56)38(5)48/h37-40,42-44,47,52,54-55H,6-36,48H2,1-5H3,(H,49,56)(H,50,57)/t38-,39-,40+,42+,43+,44+,47+/m0/s1. The summed E-state index contributed by atoms with van der Waals surface area (Å²) in [5, 5.41) is 38.0. The molecular weight excluding hydrogens is 733 g/mol. The van der Waals surface area contributed by atoms with E-state index in [1.54, 1.807) is 4.90 Å². The van der Waals surface area contributed by atoms with Crippen molar-refractivity contribution in [3.63, 3.8) is 0 Å². The summed E-state index contributed by atoms with van der Waals surface area (Å²) in [6.45, 7) is 9.71. The molecule has 3 amide bonds. The highest BCUT2D eigenvalue weighted by Crippen LogP contribution is 2.26. The second-order valence-corrected chi connectivity index (χ2v) is 17.9. The maximum atomic E-state index is 14.1. The predicted octanol–water partition coefficient (Wildman–Crippen LogP) is 8.58. The molecule has 0 saturated carbocycles. The fourth-order valence-corrected chi connectivity index (χ4v) is 8.10. The molecule has 0 spiro atoms. The topological polar surface area (TPSA) is 174 Å². The van der Waals surface area contributed by atoms with Crippen LogP contribution in [0.3, 0.4) is 0 Å². The quantitative estimate of drug-likeness (QED) is 0.0338. The van der Waals surface area contributed by atoms with Crippen molar-refractivity contribution < 1.29 is 34.4 Å². The highest BCUT2D eigenvalue weighted by atomic mass is 16.5. The second kappa shape index (κ2) is 34.9. The Hall–Kier alpha value is -1.79. The second-order valence-electron chi connectivity index (χ2n) is 17.9. The largest absolute Gasteiger partial charge is 0.394 e. The van der Waals surface area contributed by atoms with E-state index in [1.165, 1.54) is 129 Å². The number of amides is 3. The molecule has 11 heteroatoms. The molecule has 0 aromatic rings. The first-order valence-electron chi connectivity index (χ1n) is 24.3. The molecule has 11 nitrogen and oxygen atoms in total. The van der Waals surface area contributed by atoms with E-state index in [9.17, 15) is 29.7 Å². The maximum absolute atomic E-state index is 14.1. The van der Waals surface area contributed by atoms with Gasteiger partial charge in [0.2, 0.25) is 17.7 Å². The number of aliphatic hydroxyl groups excluding tert-OH is 3. The average molecular weight is 825 g/mol. The lowest BCUT2D eigenvalue weighted by molar-refractivity contribution is -0.231. The minimum Gasteiger partial charge on any atom is -0.394 e. The van der Waals surface area contributed by atoms with Crippen molar-refractivity contribution in [3.8, 4) is 0 Å². The van der Waals surface area contributed by atoms with Gasteiger partial charge in [0.25, 0.3) is 0 Å². The fraction of sp³-hybridized carbons (Fsp3) is 0.936. The number of nitrogens with zero attached hydrogens (tertiary/aromatic N) is 1. The van der Waals surface area contributed by atoms with Crippen molar-refractivity contribution in [2.75, 3.05) is 13.2 Å². The number of rotatable bonds is 37. The van der Waals surface area contributed by atoms with Gasteiger partial charge in [-0.1, -0.05) is 188 Å². The van der Waals surface area contributed by atoms with E-state index in [4.69, 9.17) is 10.5 Å². The fourth-order valence-electron chi connectivity index (χ4n) is 8.10. The summed E-state index contributed by atoms with van der Waals surface area (Å²) in [7, 11) is 0. The molecule has 0 aromatic carbocycles. The summed E-state index contributed by atoms with van der Waals surface area (Å²) in [5.74, 6) is -1.12. The Kier molecular flexibility index (Phi) is 32.6. The van der Waals surface area contributed by atoms with Crippen molar-refractivity contribution in [1.82, 2.24) is 15.5 Å². The molecule has 7 atom stereocenters. The van der Waals surface area contributed by atoms with Gasteiger partial charge in [0.05, 0.1) is 12.6 Å². The van der Waals surface area contributed by atoms with Gasteiger partial charge in [0, 0.05) is 13.0 Å². The van der Waals surface area contributed by atoms with E-state index >= 15 is 0 Å². The molecule has 0 unspecified atom stereocenters. The molecule has 0 aromatic heterocycles. The molecule has 0 bridgehead atoms. The lowest BCUT2D eigenvalue weighted by Gasteiger charge is -2.47. The lowest BCUT2D eigenvalue weighted by atomic mass is 9.93. The molecule has 1 aliphatic rings. The summed E-state index contributed by atoms with van der Waals surface area (Å²) in [6.07, 6.45) is 28.0. The van der Waals surface area contributed by atoms with Crippen molar-refractivity contribution in [3.05, 3.63) is 0 Å². The van der Waals surface area contributed by atoms with E-state index in [-0.39, 0.29) is 11.8 Å². The van der Waals surface area contributed by atoms with Crippen LogP contribution in [-0.2, 0) is 19.1 Å². The summed E-state index contributed by atoms with van der Waals surface area (Å²) in [4.78, 5) is 42.0. The predicted molar refractivity (Wildman–Crippen MR) is 237 cm³/mol. The zero-order valence-electron chi connectivity index (χ0n) is 38.0. The van der Waals surface area contributed by atoms with Gasteiger partial charge >= 0.3 is 0 Å². The number of nitrogens with one attached hydrogen (secondary N) is 2. The molecule has 1 heterocycles. The van der Waals surface area contributed by atoms with Crippen LogP contribution in [0.1, 0.15) is 221 Å². The van der Waals surface area contributed by atoms with Crippen LogP contribution in [0.5, 0.6) is 0 Å². The van der Waals surface area contributed by atoms with Gasteiger partial charge in [-0.2, -0.15) is 0 Å². The minimum atomic E-state index is -1.52. The van der Waals surface area contributed by atoms with Gasteiger partial charge in [-0.15, -0.1) is 0 Å². The number of hydrogen-bond donors (Lipinski definition) is 6. The number of aliphatic hydroxyl groups is 3. The zero-order valence-corrected chi connectivity index (χ0v) is 38.0. The van der Waals surface area contributed by atoms with E-state index in [0.29, 0.717) is 19.4 Å². The van der Waals surface area contributed by atoms with Crippen LogP contribution in [0.2, 0.25) is 0 Å². The zero-order chi connectivity index (χ0) is 43.0. The van der Waals surface area contributed by atoms with Crippen molar-refractivity contribution in [2.24, 2.45) is 11.7 Å². The molecule has 58 heavy (non-hydrogen) atoms. The Morgan fingerprint density at radius 2 is 1.03 bits per heavy atom. The molecule has 0 radical (unpaired) electrons. The Bertz CT molecular complexity index is 1030. The van der Waals surface area contributed by atoms with Gasteiger partial charge in [-0.25, -0.2) is 0 Å². The Labute approximate surface area is 355 Å². The van der Waals surface area contributed by atoms with Gasteiger partial charge < -0.3 is 41.3 Å². The normalized spacial score (nSPS) is 20.6. The first-order valence-corrected chi connectivity index (χ1v) is 24.3. The highest BCUT2D eigenvalue weighted by molar-refractivity contribution is 5.89. The molecule has 1 saturated heterocycles. The highest BCUT2D eigenvalue weighted by Gasteiger charge is 2.48. The molecule has 1 fully saturated rings. The van der Waals surface area contributed by atoms with E-state index < -0.39 is 61.1 Å². The van der Waals surface area contributed by atoms with Gasteiger partial charge in [0.15, 0.2) is 6.23 Å². The molecule has 1 aliphatic heterocycles. The third-order valence-corrected chi connectivity index (χ3v) is 11.8. The van der Waals surface area contributed by atoms with Crippen LogP contribution < -0.4 is 16.4 Å². The van der Waals surface area contributed by atoms with Gasteiger partial charge in [-0.3, -0.25) is 14.4 Å². The van der Waals surface area contributed by atoms with Crippen LogP contribution in [-0.4, -0.2) is 93.8 Å². The molecule has 342 valence electrons. The summed E-state index contributed by atoms with van der Waals surface area (Å²) < 4.78 is 6.20. The number of carbonyl (C=O) groups excluding carboxylic acids is 3. The van der Waals surface area contributed by atoms with Crippen LogP contribution in [0, 0.1) is 5.92 Å². The summed E-state index contributed by atoms with van der Waals surface area (Å²) in [5.41, 5.74) is 5.79. The van der Waals surface area contributed by atoms with E-state index in [0.717, 1.165) is 51.4 Å². The Balaban J connectivity index is 2.89. The number of hydrogen-bond acceptors (Lipinski definition) is 8. The number of unbranched alkanes of at least 4 members (excludes halogenated alkanes) is 25.